The molecule has 3 rings (SSSR count). The van der Waals surface area contributed by atoms with Gasteiger partial charge in [0.05, 0.1) is 39.8 Å². The van der Waals surface area contributed by atoms with Crippen LogP contribution >= 0.6 is 11.3 Å². The Morgan fingerprint density at radius 1 is 1.07 bits per heavy atom. The maximum atomic E-state index is 13.4. The number of rotatable bonds is 8. The summed E-state index contributed by atoms with van der Waals surface area (Å²) in [5.74, 6) is 1.28. The monoisotopic (exact) mass is 427 g/mol. The molecule has 0 saturated carbocycles. The summed E-state index contributed by atoms with van der Waals surface area (Å²) < 4.78 is 31.2. The first-order valence-corrected chi connectivity index (χ1v) is 9.91. The highest BCUT2D eigenvalue weighted by molar-refractivity contribution is 7.07. The molecule has 30 heavy (non-hydrogen) atoms. The van der Waals surface area contributed by atoms with Gasteiger partial charge in [-0.3, -0.25) is 4.99 Å². The Labute approximate surface area is 178 Å². The summed E-state index contributed by atoms with van der Waals surface area (Å²) >= 11 is 1.44. The number of aromatic nitrogens is 1. The van der Waals surface area contributed by atoms with E-state index < -0.39 is 0 Å². The Hall–Kier alpha value is -3.39. The molecule has 8 heteroatoms. The van der Waals surface area contributed by atoms with Crippen LogP contribution in [0.15, 0.2) is 64.5 Å². The van der Waals surface area contributed by atoms with Crippen molar-refractivity contribution in [3.63, 3.8) is 0 Å². The SMILES string of the molecule is C=CCN=c1scc(-c2ccc(F)cc2)n1N=Cc1cc(OC)c(OC)c(OC)c1. The number of benzene rings is 2. The molecular formula is C22H22FN3O3S. The van der Waals surface area contributed by atoms with Gasteiger partial charge in [-0.25, -0.2) is 9.07 Å². The summed E-state index contributed by atoms with van der Waals surface area (Å²) in [5.41, 5.74) is 2.38. The Morgan fingerprint density at radius 2 is 1.73 bits per heavy atom. The number of halogens is 1. The molecule has 1 aromatic heterocycles. The maximum absolute atomic E-state index is 13.4. The Bertz CT molecular complexity index is 1090. The average molecular weight is 428 g/mol. The predicted molar refractivity (Wildman–Crippen MR) is 117 cm³/mol. The zero-order chi connectivity index (χ0) is 21.5. The van der Waals surface area contributed by atoms with E-state index in [0.29, 0.717) is 28.6 Å². The minimum atomic E-state index is -0.293. The summed E-state index contributed by atoms with van der Waals surface area (Å²) in [6.45, 7) is 4.17. The molecule has 0 spiro atoms. The highest BCUT2D eigenvalue weighted by atomic mass is 32.1. The summed E-state index contributed by atoms with van der Waals surface area (Å²) in [6, 6.07) is 9.85. The first-order chi connectivity index (χ1) is 14.6. The zero-order valence-corrected chi connectivity index (χ0v) is 17.8. The molecule has 0 aliphatic rings. The van der Waals surface area contributed by atoms with E-state index in [9.17, 15) is 4.39 Å². The van der Waals surface area contributed by atoms with Gasteiger partial charge >= 0.3 is 0 Å². The average Bonchev–Trinajstić information content (AvgIpc) is 3.18. The van der Waals surface area contributed by atoms with E-state index in [1.807, 2.05) is 5.38 Å². The van der Waals surface area contributed by atoms with E-state index in [2.05, 4.69) is 16.7 Å². The van der Waals surface area contributed by atoms with Gasteiger partial charge in [0.15, 0.2) is 11.5 Å². The van der Waals surface area contributed by atoms with Gasteiger partial charge in [-0.05, 0) is 36.4 Å². The molecule has 156 valence electrons. The van der Waals surface area contributed by atoms with Crippen LogP contribution in [0.3, 0.4) is 0 Å². The first kappa shape index (κ1) is 21.3. The topological polar surface area (TPSA) is 57.3 Å². The van der Waals surface area contributed by atoms with Crippen LogP contribution in [-0.2, 0) is 0 Å². The molecule has 0 fully saturated rings. The van der Waals surface area contributed by atoms with Crippen molar-refractivity contribution in [3.8, 4) is 28.5 Å². The predicted octanol–water partition coefficient (Wildman–Crippen LogP) is 4.35. The van der Waals surface area contributed by atoms with E-state index in [4.69, 9.17) is 14.2 Å². The fourth-order valence-corrected chi connectivity index (χ4v) is 3.63. The Balaban J connectivity index is 2.09. The largest absolute Gasteiger partial charge is 0.493 e. The normalized spacial score (nSPS) is 11.7. The third-order valence-corrected chi connectivity index (χ3v) is 5.04. The fraction of sp³-hybridized carbons (Fsp3) is 0.182. The van der Waals surface area contributed by atoms with Crippen molar-refractivity contribution >= 4 is 17.6 Å². The molecular weight excluding hydrogens is 405 g/mol. The maximum Gasteiger partial charge on any atom is 0.206 e. The van der Waals surface area contributed by atoms with Gasteiger partial charge in [0.2, 0.25) is 10.6 Å². The molecule has 0 bridgehead atoms. The third kappa shape index (κ3) is 4.60. The second-order valence-corrected chi connectivity index (χ2v) is 6.89. The van der Waals surface area contributed by atoms with Gasteiger partial charge in [-0.1, -0.05) is 6.08 Å². The van der Waals surface area contributed by atoms with Gasteiger partial charge in [-0.15, -0.1) is 17.9 Å². The van der Waals surface area contributed by atoms with Crippen molar-refractivity contribution < 1.29 is 18.6 Å². The number of nitrogens with zero attached hydrogens (tertiary/aromatic N) is 3. The smallest absolute Gasteiger partial charge is 0.206 e. The Kier molecular flexibility index (Phi) is 7.03. The van der Waals surface area contributed by atoms with Crippen molar-refractivity contribution in [2.45, 2.75) is 0 Å². The van der Waals surface area contributed by atoms with E-state index in [1.54, 1.807) is 62.6 Å². The second-order valence-electron chi connectivity index (χ2n) is 6.05. The summed E-state index contributed by atoms with van der Waals surface area (Å²) in [5, 5.41) is 6.56. The van der Waals surface area contributed by atoms with Gasteiger partial charge in [0, 0.05) is 16.5 Å². The van der Waals surface area contributed by atoms with Crippen LogP contribution in [0.25, 0.3) is 11.3 Å². The van der Waals surface area contributed by atoms with Gasteiger partial charge in [-0.2, -0.15) is 5.10 Å². The molecule has 0 aliphatic carbocycles. The van der Waals surface area contributed by atoms with Crippen molar-refractivity contribution in [2.24, 2.45) is 10.1 Å². The van der Waals surface area contributed by atoms with Crippen LogP contribution < -0.4 is 19.0 Å². The molecule has 0 atom stereocenters. The number of thiazole rings is 1. The Morgan fingerprint density at radius 3 is 2.30 bits per heavy atom. The standard InChI is InChI=1S/C22H22FN3O3S/c1-5-10-24-22-26(18(14-30-22)16-6-8-17(23)9-7-16)25-13-15-11-19(27-2)21(29-4)20(12-15)28-3/h5-9,11-14H,1,10H2,2-4H3. The number of hydrogen-bond acceptors (Lipinski definition) is 6. The van der Waals surface area contributed by atoms with Crippen molar-refractivity contribution in [1.82, 2.24) is 4.68 Å². The highest BCUT2D eigenvalue weighted by Gasteiger charge is 2.13. The second kappa shape index (κ2) is 9.89. The number of methoxy groups -OCH3 is 3. The number of hydrogen-bond donors (Lipinski definition) is 0. The molecule has 0 saturated heterocycles. The zero-order valence-electron chi connectivity index (χ0n) is 17.0. The molecule has 0 unspecified atom stereocenters. The minimum absolute atomic E-state index is 0.293. The van der Waals surface area contributed by atoms with Crippen LogP contribution in [0.2, 0.25) is 0 Å². The number of ether oxygens (including phenoxy) is 3. The van der Waals surface area contributed by atoms with E-state index in [0.717, 1.165) is 16.8 Å². The van der Waals surface area contributed by atoms with Crippen LogP contribution in [0.4, 0.5) is 4.39 Å². The third-order valence-electron chi connectivity index (χ3n) is 4.19. The van der Waals surface area contributed by atoms with Gasteiger partial charge in [0.25, 0.3) is 0 Å². The molecule has 1 heterocycles. The fourth-order valence-electron chi connectivity index (χ4n) is 2.78. The minimum Gasteiger partial charge on any atom is -0.493 e. The van der Waals surface area contributed by atoms with Crippen molar-refractivity contribution in [2.75, 3.05) is 27.9 Å². The van der Waals surface area contributed by atoms with Crippen LogP contribution in [0.1, 0.15) is 5.56 Å². The molecule has 0 amide bonds. The molecule has 6 nitrogen and oxygen atoms in total. The van der Waals surface area contributed by atoms with Crippen LogP contribution in [0, 0.1) is 5.82 Å². The lowest BCUT2D eigenvalue weighted by molar-refractivity contribution is 0.324. The van der Waals surface area contributed by atoms with Gasteiger partial charge in [0.1, 0.15) is 5.82 Å². The molecule has 0 aliphatic heterocycles. The summed E-state index contributed by atoms with van der Waals surface area (Å²) in [6.07, 6.45) is 3.39. The van der Waals surface area contributed by atoms with Crippen LogP contribution in [-0.4, -0.2) is 38.8 Å². The van der Waals surface area contributed by atoms with Crippen LogP contribution in [0.5, 0.6) is 17.2 Å². The molecule has 3 aromatic rings. The quantitative estimate of drug-likeness (QED) is 0.397. The van der Waals surface area contributed by atoms with Crippen molar-refractivity contribution in [3.05, 3.63) is 70.6 Å². The van der Waals surface area contributed by atoms with E-state index >= 15 is 0 Å². The van der Waals surface area contributed by atoms with E-state index in [-0.39, 0.29) is 5.82 Å². The lowest BCUT2D eigenvalue weighted by Crippen LogP contribution is -2.12. The lowest BCUT2D eigenvalue weighted by atomic mass is 10.2. The highest BCUT2D eigenvalue weighted by Crippen LogP contribution is 2.37. The summed E-state index contributed by atoms with van der Waals surface area (Å²) in [4.78, 5) is 5.19. The van der Waals surface area contributed by atoms with E-state index in [1.165, 1.54) is 23.5 Å². The van der Waals surface area contributed by atoms with Gasteiger partial charge < -0.3 is 14.2 Å². The lowest BCUT2D eigenvalue weighted by Gasteiger charge is -2.12. The molecule has 0 radical (unpaired) electrons. The summed E-state index contributed by atoms with van der Waals surface area (Å²) in [7, 11) is 4.67. The van der Waals surface area contributed by atoms with Crippen molar-refractivity contribution in [1.29, 1.82) is 0 Å². The first-order valence-electron chi connectivity index (χ1n) is 9.03. The molecule has 2 aromatic carbocycles. The molecule has 0 N–H and O–H groups in total.